The zero-order chi connectivity index (χ0) is 14.0. The lowest BCUT2D eigenvalue weighted by atomic mass is 10.2. The van der Waals surface area contributed by atoms with Crippen molar-refractivity contribution in [2.45, 2.75) is 6.61 Å². The standard InChI is InChI=1S/C13H9BrCl3NO/c14-9-4-11(17)13(5-10(9)16)19-6-7-1-2-8(15)3-12(7)18/h1-5H,6,18H2. The highest BCUT2D eigenvalue weighted by molar-refractivity contribution is 9.10. The normalized spacial score (nSPS) is 10.5. The number of anilines is 1. The minimum absolute atomic E-state index is 0.292. The number of nitrogen functional groups attached to an aromatic ring is 1. The van der Waals surface area contributed by atoms with E-state index in [1.807, 2.05) is 6.07 Å². The molecule has 0 aliphatic carbocycles. The van der Waals surface area contributed by atoms with Crippen molar-refractivity contribution in [2.75, 3.05) is 5.73 Å². The average Bonchev–Trinajstić information content (AvgIpc) is 2.34. The Balaban J connectivity index is 2.16. The van der Waals surface area contributed by atoms with E-state index in [0.717, 1.165) is 10.0 Å². The fourth-order valence-electron chi connectivity index (χ4n) is 1.47. The summed E-state index contributed by atoms with van der Waals surface area (Å²) in [6.07, 6.45) is 0. The molecule has 0 radical (unpaired) electrons. The van der Waals surface area contributed by atoms with Gasteiger partial charge < -0.3 is 10.5 Å². The Morgan fingerprint density at radius 3 is 2.47 bits per heavy atom. The molecule has 100 valence electrons. The van der Waals surface area contributed by atoms with E-state index in [4.69, 9.17) is 45.3 Å². The zero-order valence-corrected chi connectivity index (χ0v) is 13.4. The highest BCUT2D eigenvalue weighted by atomic mass is 79.9. The van der Waals surface area contributed by atoms with Crippen LogP contribution < -0.4 is 10.5 Å². The lowest BCUT2D eigenvalue weighted by Gasteiger charge is -2.11. The summed E-state index contributed by atoms with van der Waals surface area (Å²) in [6.45, 7) is 0.292. The van der Waals surface area contributed by atoms with Gasteiger partial charge >= 0.3 is 0 Å². The van der Waals surface area contributed by atoms with Gasteiger partial charge in [0.25, 0.3) is 0 Å². The summed E-state index contributed by atoms with van der Waals surface area (Å²) in [5, 5.41) is 1.60. The van der Waals surface area contributed by atoms with Crippen LogP contribution in [0.3, 0.4) is 0 Å². The predicted octanol–water partition coefficient (Wildman–Crippen LogP) is 5.57. The second-order valence-corrected chi connectivity index (χ2v) is 5.93. The van der Waals surface area contributed by atoms with Gasteiger partial charge in [0.2, 0.25) is 0 Å². The van der Waals surface area contributed by atoms with E-state index in [-0.39, 0.29) is 0 Å². The average molecular weight is 381 g/mol. The summed E-state index contributed by atoms with van der Waals surface area (Å²) in [6, 6.07) is 8.58. The quantitative estimate of drug-likeness (QED) is 0.557. The first-order chi connectivity index (χ1) is 8.97. The van der Waals surface area contributed by atoms with E-state index < -0.39 is 0 Å². The van der Waals surface area contributed by atoms with E-state index in [1.54, 1.807) is 24.3 Å². The van der Waals surface area contributed by atoms with Crippen LogP contribution in [0.25, 0.3) is 0 Å². The maximum Gasteiger partial charge on any atom is 0.139 e. The topological polar surface area (TPSA) is 35.2 Å². The Bertz CT molecular complexity index is 619. The van der Waals surface area contributed by atoms with Crippen LogP contribution in [-0.2, 0) is 6.61 Å². The zero-order valence-electron chi connectivity index (χ0n) is 9.59. The van der Waals surface area contributed by atoms with Crippen LogP contribution >= 0.6 is 50.7 Å². The molecular formula is C13H9BrCl3NO. The van der Waals surface area contributed by atoms with Gasteiger partial charge in [0.05, 0.1) is 10.0 Å². The minimum Gasteiger partial charge on any atom is -0.487 e. The maximum absolute atomic E-state index is 6.07. The second kappa shape index (κ2) is 6.23. The van der Waals surface area contributed by atoms with Crippen LogP contribution in [0.2, 0.25) is 15.1 Å². The molecule has 2 N–H and O–H groups in total. The number of halogens is 4. The highest BCUT2D eigenvalue weighted by Gasteiger charge is 2.08. The fraction of sp³-hybridized carbons (Fsp3) is 0.0769. The van der Waals surface area contributed by atoms with Crippen LogP contribution in [0.5, 0.6) is 5.75 Å². The van der Waals surface area contributed by atoms with Gasteiger partial charge in [-0.3, -0.25) is 0 Å². The van der Waals surface area contributed by atoms with Crippen LogP contribution in [0, 0.1) is 0 Å². The molecule has 0 bridgehead atoms. The number of hydrogen-bond donors (Lipinski definition) is 1. The molecule has 0 spiro atoms. The van der Waals surface area contributed by atoms with Gasteiger partial charge in [0.1, 0.15) is 12.4 Å². The summed E-state index contributed by atoms with van der Waals surface area (Å²) < 4.78 is 6.34. The van der Waals surface area contributed by atoms with Gasteiger partial charge in [-0.1, -0.05) is 40.9 Å². The molecule has 0 aliphatic rings. The first kappa shape index (κ1) is 14.8. The molecule has 2 aromatic carbocycles. The Morgan fingerprint density at radius 1 is 1.05 bits per heavy atom. The summed E-state index contributed by atoms with van der Waals surface area (Å²) in [4.78, 5) is 0. The van der Waals surface area contributed by atoms with Crippen molar-refractivity contribution in [2.24, 2.45) is 0 Å². The van der Waals surface area contributed by atoms with Gasteiger partial charge in [-0.15, -0.1) is 0 Å². The van der Waals surface area contributed by atoms with Gasteiger partial charge in [-0.2, -0.15) is 0 Å². The summed E-state index contributed by atoms with van der Waals surface area (Å²) >= 11 is 21.2. The third kappa shape index (κ3) is 3.69. The summed E-state index contributed by atoms with van der Waals surface area (Å²) in [7, 11) is 0. The van der Waals surface area contributed by atoms with Crippen molar-refractivity contribution >= 4 is 56.4 Å². The number of hydrogen-bond acceptors (Lipinski definition) is 2. The van der Waals surface area contributed by atoms with Gasteiger partial charge in [-0.25, -0.2) is 0 Å². The fourth-order valence-corrected chi connectivity index (χ4v) is 2.50. The first-order valence-electron chi connectivity index (χ1n) is 5.28. The van der Waals surface area contributed by atoms with Gasteiger partial charge in [0.15, 0.2) is 0 Å². The molecule has 0 amide bonds. The molecule has 19 heavy (non-hydrogen) atoms. The number of benzene rings is 2. The van der Waals surface area contributed by atoms with Gasteiger partial charge in [0, 0.05) is 26.8 Å². The molecule has 6 heteroatoms. The van der Waals surface area contributed by atoms with E-state index >= 15 is 0 Å². The Labute approximate surface area is 134 Å². The lowest BCUT2D eigenvalue weighted by molar-refractivity contribution is 0.307. The largest absolute Gasteiger partial charge is 0.487 e. The number of nitrogens with two attached hydrogens (primary N) is 1. The molecule has 0 aliphatic heterocycles. The monoisotopic (exact) mass is 379 g/mol. The lowest BCUT2D eigenvalue weighted by Crippen LogP contribution is -2.00. The van der Waals surface area contributed by atoms with E-state index in [1.165, 1.54) is 0 Å². The predicted molar refractivity (Wildman–Crippen MR) is 84.4 cm³/mol. The molecule has 0 aromatic heterocycles. The first-order valence-corrected chi connectivity index (χ1v) is 7.21. The molecule has 0 heterocycles. The van der Waals surface area contributed by atoms with E-state index in [2.05, 4.69) is 15.9 Å². The third-order valence-electron chi connectivity index (χ3n) is 2.47. The Morgan fingerprint density at radius 2 is 1.79 bits per heavy atom. The van der Waals surface area contributed by atoms with Crippen LogP contribution in [-0.4, -0.2) is 0 Å². The van der Waals surface area contributed by atoms with Crippen molar-refractivity contribution in [3.63, 3.8) is 0 Å². The highest BCUT2D eigenvalue weighted by Crippen LogP contribution is 2.34. The smallest absolute Gasteiger partial charge is 0.139 e. The van der Waals surface area contributed by atoms with Crippen LogP contribution in [0.4, 0.5) is 5.69 Å². The van der Waals surface area contributed by atoms with Crippen LogP contribution in [0.1, 0.15) is 5.56 Å². The minimum atomic E-state index is 0.292. The van der Waals surface area contributed by atoms with Gasteiger partial charge in [-0.05, 0) is 34.1 Å². The second-order valence-electron chi connectivity index (χ2n) is 3.83. The number of ether oxygens (including phenoxy) is 1. The summed E-state index contributed by atoms with van der Waals surface area (Å²) in [5.74, 6) is 0.504. The third-order valence-corrected chi connectivity index (χ3v) is 4.19. The molecule has 0 saturated carbocycles. The van der Waals surface area contributed by atoms with Crippen molar-refractivity contribution in [1.82, 2.24) is 0 Å². The molecule has 2 nitrogen and oxygen atoms in total. The molecule has 0 atom stereocenters. The molecule has 2 aromatic rings. The molecule has 0 unspecified atom stereocenters. The van der Waals surface area contributed by atoms with Crippen LogP contribution in [0.15, 0.2) is 34.8 Å². The van der Waals surface area contributed by atoms with E-state index in [9.17, 15) is 0 Å². The van der Waals surface area contributed by atoms with Crippen molar-refractivity contribution in [3.8, 4) is 5.75 Å². The summed E-state index contributed by atoms with van der Waals surface area (Å²) in [5.41, 5.74) is 7.26. The van der Waals surface area contributed by atoms with Crippen molar-refractivity contribution < 1.29 is 4.74 Å². The number of rotatable bonds is 3. The van der Waals surface area contributed by atoms with Crippen molar-refractivity contribution in [3.05, 3.63) is 55.4 Å². The molecule has 0 saturated heterocycles. The molecule has 0 fully saturated rings. The molecule has 2 rings (SSSR count). The SMILES string of the molecule is Nc1cc(Cl)ccc1COc1cc(Cl)c(Br)cc1Cl. The van der Waals surface area contributed by atoms with E-state index in [0.29, 0.717) is 33.1 Å². The maximum atomic E-state index is 6.07. The Hall–Kier alpha value is -0.610. The molecular weight excluding hydrogens is 372 g/mol. The van der Waals surface area contributed by atoms with Crippen molar-refractivity contribution in [1.29, 1.82) is 0 Å². The Kier molecular flexibility index (Phi) is 4.85.